The van der Waals surface area contributed by atoms with Gasteiger partial charge in [-0.1, -0.05) is 42.4 Å². The molecule has 1 heterocycles. The van der Waals surface area contributed by atoms with Gasteiger partial charge in [-0.25, -0.2) is 0 Å². The van der Waals surface area contributed by atoms with Crippen molar-refractivity contribution < 1.29 is 9.31 Å². The molecule has 1 aromatic rings. The third-order valence-electron chi connectivity index (χ3n) is 4.24. The van der Waals surface area contributed by atoms with E-state index in [1.54, 1.807) is 0 Å². The Hall–Kier alpha value is -1.06. The Balaban J connectivity index is 1.73. The first-order chi connectivity index (χ1) is 9.41. The topological polar surface area (TPSA) is 18.5 Å². The maximum Gasteiger partial charge on any atom is 0.486 e. The summed E-state index contributed by atoms with van der Waals surface area (Å²) < 4.78 is 11.8. The molecule has 0 aromatic heterocycles. The summed E-state index contributed by atoms with van der Waals surface area (Å²) in [5.74, 6) is 2.04. The van der Waals surface area contributed by atoms with Crippen LogP contribution in [0.4, 0.5) is 0 Å². The van der Waals surface area contributed by atoms with E-state index in [-0.39, 0.29) is 18.3 Å². The van der Waals surface area contributed by atoms with Crippen LogP contribution in [0.3, 0.4) is 0 Å². The summed E-state index contributed by atoms with van der Waals surface area (Å²) in [7, 11) is -0.211. The van der Waals surface area contributed by atoms with Crippen molar-refractivity contribution in [3.8, 4) is 0 Å². The highest BCUT2D eigenvalue weighted by atomic mass is 16.7. The van der Waals surface area contributed by atoms with Crippen LogP contribution in [0.1, 0.15) is 46.1 Å². The molecule has 0 N–H and O–H groups in total. The van der Waals surface area contributed by atoms with Crippen LogP contribution in [0.5, 0.6) is 0 Å². The lowest BCUT2D eigenvalue weighted by molar-refractivity contribution is 0.00578. The lowest BCUT2D eigenvalue weighted by atomic mass is 9.89. The summed E-state index contributed by atoms with van der Waals surface area (Å²) in [5.41, 5.74) is 0.912. The van der Waals surface area contributed by atoms with Crippen molar-refractivity contribution >= 4 is 7.12 Å². The Kier molecular flexibility index (Phi) is 4.72. The number of aryl methyl sites for hydroxylation is 1. The SMILES string of the molecule is CC1(C)OB(C=CCCCc2ccccc2)OC1(C)C. The molecule has 3 heteroatoms. The summed E-state index contributed by atoms with van der Waals surface area (Å²) in [4.78, 5) is 0. The number of hydrogen-bond acceptors (Lipinski definition) is 2. The van der Waals surface area contributed by atoms with Crippen LogP contribution in [0.15, 0.2) is 42.4 Å². The Morgan fingerprint density at radius 1 is 1.00 bits per heavy atom. The fraction of sp³-hybridized carbons (Fsp3) is 0.529. The maximum atomic E-state index is 5.92. The first kappa shape index (κ1) is 15.3. The Morgan fingerprint density at radius 3 is 2.20 bits per heavy atom. The molecule has 1 fully saturated rings. The van der Waals surface area contributed by atoms with Gasteiger partial charge in [0.2, 0.25) is 0 Å². The molecule has 0 aliphatic carbocycles. The summed E-state index contributed by atoms with van der Waals surface area (Å²) in [6.07, 6.45) is 5.50. The number of rotatable bonds is 5. The zero-order valence-corrected chi connectivity index (χ0v) is 13.1. The Morgan fingerprint density at radius 2 is 1.60 bits per heavy atom. The zero-order valence-electron chi connectivity index (χ0n) is 13.1. The molecule has 1 aliphatic rings. The predicted molar refractivity (Wildman–Crippen MR) is 84.6 cm³/mol. The van der Waals surface area contributed by atoms with Gasteiger partial charge < -0.3 is 9.31 Å². The van der Waals surface area contributed by atoms with E-state index < -0.39 is 0 Å². The normalized spacial score (nSPS) is 20.7. The van der Waals surface area contributed by atoms with E-state index in [0.29, 0.717) is 0 Å². The summed E-state index contributed by atoms with van der Waals surface area (Å²) in [5, 5.41) is 0. The zero-order chi connectivity index (χ0) is 14.6. The molecule has 0 bridgehead atoms. The summed E-state index contributed by atoms with van der Waals surface area (Å²) in [6.45, 7) is 8.32. The van der Waals surface area contributed by atoms with Crippen molar-refractivity contribution in [3.05, 3.63) is 47.9 Å². The third-order valence-corrected chi connectivity index (χ3v) is 4.24. The lowest BCUT2D eigenvalue weighted by Crippen LogP contribution is -2.41. The van der Waals surface area contributed by atoms with Crippen molar-refractivity contribution in [1.29, 1.82) is 0 Å². The highest BCUT2D eigenvalue weighted by Crippen LogP contribution is 2.36. The molecule has 0 atom stereocenters. The van der Waals surface area contributed by atoms with Gasteiger partial charge in [0.05, 0.1) is 11.2 Å². The van der Waals surface area contributed by atoms with Crippen LogP contribution in [0.25, 0.3) is 0 Å². The molecular formula is C17H25BO2. The largest absolute Gasteiger partial charge is 0.486 e. The van der Waals surface area contributed by atoms with Gasteiger partial charge in [0.25, 0.3) is 0 Å². The Bertz CT molecular complexity index is 435. The minimum Gasteiger partial charge on any atom is -0.400 e. The monoisotopic (exact) mass is 272 g/mol. The van der Waals surface area contributed by atoms with Gasteiger partial charge in [0.15, 0.2) is 0 Å². The van der Waals surface area contributed by atoms with Crippen LogP contribution >= 0.6 is 0 Å². The van der Waals surface area contributed by atoms with Gasteiger partial charge in [-0.15, -0.1) is 0 Å². The number of unbranched alkanes of at least 4 members (excludes halogenated alkanes) is 1. The standard InChI is InChI=1S/C17H25BO2/c1-16(2)17(3,4)20-18(19-16)14-10-6-9-13-15-11-7-5-8-12-15/h5,7-8,10-12,14H,6,9,13H2,1-4H3. The summed E-state index contributed by atoms with van der Waals surface area (Å²) >= 11 is 0. The first-order valence-electron chi connectivity index (χ1n) is 7.47. The van der Waals surface area contributed by atoms with Gasteiger partial charge >= 0.3 is 7.12 Å². The van der Waals surface area contributed by atoms with Crippen LogP contribution in [0.2, 0.25) is 0 Å². The molecule has 0 unspecified atom stereocenters. The quantitative estimate of drug-likeness (QED) is 0.591. The first-order valence-corrected chi connectivity index (χ1v) is 7.47. The van der Waals surface area contributed by atoms with Crippen LogP contribution in [0, 0.1) is 0 Å². The lowest BCUT2D eigenvalue weighted by Gasteiger charge is -2.32. The molecule has 1 aromatic carbocycles. The highest BCUT2D eigenvalue weighted by molar-refractivity contribution is 6.51. The molecular weight excluding hydrogens is 247 g/mol. The number of allylic oxidation sites excluding steroid dienone is 1. The fourth-order valence-corrected chi connectivity index (χ4v) is 2.24. The maximum absolute atomic E-state index is 5.92. The molecule has 20 heavy (non-hydrogen) atoms. The summed E-state index contributed by atoms with van der Waals surface area (Å²) in [6, 6.07) is 10.6. The molecule has 2 rings (SSSR count). The average molecular weight is 272 g/mol. The van der Waals surface area contributed by atoms with E-state index >= 15 is 0 Å². The van der Waals surface area contributed by atoms with E-state index in [1.165, 1.54) is 5.56 Å². The van der Waals surface area contributed by atoms with E-state index in [4.69, 9.17) is 9.31 Å². The van der Waals surface area contributed by atoms with Crippen molar-refractivity contribution in [2.75, 3.05) is 0 Å². The van der Waals surface area contributed by atoms with Crippen LogP contribution in [-0.2, 0) is 15.7 Å². The molecule has 0 radical (unpaired) electrons. The fourth-order valence-electron chi connectivity index (χ4n) is 2.24. The molecule has 0 saturated carbocycles. The van der Waals surface area contributed by atoms with Gasteiger partial charge in [0, 0.05) is 0 Å². The number of benzene rings is 1. The van der Waals surface area contributed by atoms with E-state index in [1.807, 2.05) is 5.98 Å². The van der Waals surface area contributed by atoms with E-state index in [2.05, 4.69) is 64.1 Å². The molecule has 1 aliphatic heterocycles. The van der Waals surface area contributed by atoms with Crippen molar-refractivity contribution in [2.45, 2.75) is 58.2 Å². The van der Waals surface area contributed by atoms with E-state index in [9.17, 15) is 0 Å². The minimum atomic E-state index is -0.244. The van der Waals surface area contributed by atoms with Gasteiger partial charge in [0.1, 0.15) is 0 Å². The molecule has 108 valence electrons. The van der Waals surface area contributed by atoms with Gasteiger partial charge in [-0.2, -0.15) is 0 Å². The molecule has 1 saturated heterocycles. The van der Waals surface area contributed by atoms with Crippen LogP contribution < -0.4 is 0 Å². The minimum absolute atomic E-state index is 0.211. The van der Waals surface area contributed by atoms with Crippen molar-refractivity contribution in [2.24, 2.45) is 0 Å². The predicted octanol–water partition coefficient (Wildman–Crippen LogP) is 4.20. The van der Waals surface area contributed by atoms with E-state index in [0.717, 1.165) is 19.3 Å². The molecule has 2 nitrogen and oxygen atoms in total. The second-order valence-corrected chi connectivity index (χ2v) is 6.43. The third kappa shape index (κ3) is 3.74. The van der Waals surface area contributed by atoms with Crippen LogP contribution in [-0.4, -0.2) is 18.3 Å². The molecule has 0 amide bonds. The van der Waals surface area contributed by atoms with Gasteiger partial charge in [-0.05, 0) is 52.5 Å². The second-order valence-electron chi connectivity index (χ2n) is 6.43. The van der Waals surface area contributed by atoms with Gasteiger partial charge in [-0.3, -0.25) is 0 Å². The second kappa shape index (κ2) is 6.15. The Labute approximate surface area is 123 Å². The highest BCUT2D eigenvalue weighted by Gasteiger charge is 2.49. The van der Waals surface area contributed by atoms with Crippen molar-refractivity contribution in [1.82, 2.24) is 0 Å². The smallest absolute Gasteiger partial charge is 0.400 e. The molecule has 0 spiro atoms. The number of hydrogen-bond donors (Lipinski definition) is 0. The van der Waals surface area contributed by atoms with Crippen molar-refractivity contribution in [3.63, 3.8) is 0 Å². The average Bonchev–Trinajstić information content (AvgIpc) is 2.58.